The zero-order chi connectivity index (χ0) is 20.2. The second kappa shape index (κ2) is 6.69. The van der Waals surface area contributed by atoms with Crippen molar-refractivity contribution in [2.24, 2.45) is 0 Å². The minimum absolute atomic E-state index is 0.0443. The molecule has 1 saturated heterocycles. The van der Waals surface area contributed by atoms with Crippen molar-refractivity contribution in [3.8, 4) is 0 Å². The van der Waals surface area contributed by atoms with Gasteiger partial charge in [-0.15, -0.1) is 11.3 Å². The van der Waals surface area contributed by atoms with E-state index >= 15 is 0 Å². The molecule has 1 aliphatic carbocycles. The van der Waals surface area contributed by atoms with E-state index < -0.39 is 0 Å². The Morgan fingerprint density at radius 1 is 1.34 bits per heavy atom. The Hall–Kier alpha value is -2.68. The summed E-state index contributed by atoms with van der Waals surface area (Å²) in [6.45, 7) is 1.38. The Morgan fingerprint density at radius 2 is 2.21 bits per heavy atom. The van der Waals surface area contributed by atoms with E-state index in [0.717, 1.165) is 54.1 Å². The van der Waals surface area contributed by atoms with Gasteiger partial charge in [-0.3, -0.25) is 19.0 Å². The number of aromatic amines is 1. The molecular weight excluding hydrogens is 388 g/mol. The first-order chi connectivity index (χ1) is 13.9. The number of rotatable bonds is 3. The van der Waals surface area contributed by atoms with Crippen molar-refractivity contribution in [3.63, 3.8) is 0 Å². The van der Waals surface area contributed by atoms with Gasteiger partial charge in [-0.25, -0.2) is 9.97 Å². The number of piperidine rings is 1. The SMILES string of the molecule is CN(C)c1nc2c(c(=O)[nH]1)CCC21CCCN(C(=O)Cc2cn3ccsc3n2)C1. The van der Waals surface area contributed by atoms with Crippen LogP contribution in [-0.4, -0.2) is 57.3 Å². The Labute approximate surface area is 172 Å². The number of hydrogen-bond donors (Lipinski definition) is 1. The Balaban J connectivity index is 1.40. The van der Waals surface area contributed by atoms with E-state index in [4.69, 9.17) is 4.98 Å². The molecule has 0 radical (unpaired) electrons. The first kappa shape index (κ1) is 18.4. The van der Waals surface area contributed by atoms with Crippen LogP contribution >= 0.6 is 11.3 Å². The van der Waals surface area contributed by atoms with Crippen molar-refractivity contribution in [2.45, 2.75) is 37.5 Å². The molecule has 1 amide bonds. The number of thiazole rings is 1. The molecule has 1 fully saturated rings. The van der Waals surface area contributed by atoms with Gasteiger partial charge in [0, 0.05) is 55.9 Å². The fourth-order valence-electron chi connectivity index (χ4n) is 4.72. The zero-order valence-corrected chi connectivity index (χ0v) is 17.5. The second-order valence-electron chi connectivity index (χ2n) is 8.31. The van der Waals surface area contributed by atoms with E-state index in [1.165, 1.54) is 0 Å². The summed E-state index contributed by atoms with van der Waals surface area (Å²) >= 11 is 1.57. The first-order valence-electron chi connectivity index (χ1n) is 9.95. The second-order valence-corrected chi connectivity index (χ2v) is 9.19. The molecule has 1 unspecified atom stereocenters. The van der Waals surface area contributed by atoms with Crippen LogP contribution in [-0.2, 0) is 23.1 Å². The van der Waals surface area contributed by atoms with Crippen LogP contribution in [0.4, 0.5) is 5.95 Å². The highest BCUT2D eigenvalue weighted by Gasteiger charge is 2.45. The lowest BCUT2D eigenvalue weighted by Crippen LogP contribution is -2.48. The molecule has 1 atom stereocenters. The third kappa shape index (κ3) is 3.04. The van der Waals surface area contributed by atoms with Crippen molar-refractivity contribution in [1.29, 1.82) is 0 Å². The van der Waals surface area contributed by atoms with Crippen LogP contribution in [0.3, 0.4) is 0 Å². The Morgan fingerprint density at radius 3 is 3.00 bits per heavy atom. The highest BCUT2D eigenvalue weighted by Crippen LogP contribution is 2.43. The van der Waals surface area contributed by atoms with Crippen molar-refractivity contribution in [1.82, 2.24) is 24.3 Å². The van der Waals surface area contributed by atoms with Gasteiger partial charge < -0.3 is 9.80 Å². The first-order valence-corrected chi connectivity index (χ1v) is 10.8. The van der Waals surface area contributed by atoms with Crippen molar-refractivity contribution in [3.05, 3.63) is 45.1 Å². The number of nitrogens with one attached hydrogen (secondary N) is 1. The van der Waals surface area contributed by atoms with Gasteiger partial charge in [0.2, 0.25) is 11.9 Å². The standard InChI is InChI=1S/C20H24N6O2S/c1-24(2)18-22-16-14(17(28)23-18)4-6-20(16)5-3-7-26(12-20)15(27)10-13-11-25-8-9-29-19(25)21-13/h8-9,11H,3-7,10,12H2,1-2H3,(H,22,23,28). The van der Waals surface area contributed by atoms with Gasteiger partial charge in [-0.05, 0) is 25.7 Å². The van der Waals surface area contributed by atoms with Gasteiger partial charge in [-0.2, -0.15) is 0 Å². The predicted molar refractivity (Wildman–Crippen MR) is 112 cm³/mol. The molecule has 5 rings (SSSR count). The molecular formula is C20H24N6O2S. The minimum Gasteiger partial charge on any atom is -0.348 e. The Kier molecular flexibility index (Phi) is 4.23. The van der Waals surface area contributed by atoms with E-state index in [-0.39, 0.29) is 16.9 Å². The zero-order valence-electron chi connectivity index (χ0n) is 16.6. The molecule has 4 heterocycles. The van der Waals surface area contributed by atoms with Crippen molar-refractivity contribution in [2.75, 3.05) is 32.1 Å². The third-order valence-electron chi connectivity index (χ3n) is 6.19. The van der Waals surface area contributed by atoms with Gasteiger partial charge in [0.05, 0.1) is 17.8 Å². The number of carbonyl (C=O) groups excluding carboxylic acids is 1. The Bertz CT molecular complexity index is 1120. The maximum Gasteiger partial charge on any atom is 0.255 e. The number of imidazole rings is 1. The summed E-state index contributed by atoms with van der Waals surface area (Å²) < 4.78 is 1.96. The molecule has 152 valence electrons. The number of amides is 1. The van der Waals surface area contributed by atoms with E-state index in [1.807, 2.05) is 46.1 Å². The number of H-pyrrole nitrogens is 1. The molecule has 29 heavy (non-hydrogen) atoms. The van der Waals surface area contributed by atoms with Crippen LogP contribution in [0.15, 0.2) is 22.6 Å². The highest BCUT2D eigenvalue weighted by molar-refractivity contribution is 7.15. The fraction of sp³-hybridized carbons (Fsp3) is 0.500. The average Bonchev–Trinajstić information content (AvgIpc) is 3.36. The molecule has 3 aromatic rings. The van der Waals surface area contributed by atoms with Crippen LogP contribution in [0.1, 0.15) is 36.2 Å². The number of anilines is 1. The minimum atomic E-state index is -0.211. The van der Waals surface area contributed by atoms with Crippen LogP contribution in [0, 0.1) is 0 Å². The number of hydrogen-bond acceptors (Lipinski definition) is 6. The van der Waals surface area contributed by atoms with Crippen molar-refractivity contribution >= 4 is 28.2 Å². The summed E-state index contributed by atoms with van der Waals surface area (Å²) in [6, 6.07) is 0. The average molecular weight is 413 g/mol. The molecule has 2 aliphatic rings. The van der Waals surface area contributed by atoms with Crippen LogP contribution < -0.4 is 10.5 Å². The summed E-state index contributed by atoms with van der Waals surface area (Å²) in [5.74, 6) is 0.678. The molecule has 9 heteroatoms. The number of aromatic nitrogens is 4. The van der Waals surface area contributed by atoms with E-state index in [0.29, 0.717) is 18.9 Å². The van der Waals surface area contributed by atoms with Gasteiger partial charge in [0.15, 0.2) is 4.96 Å². The van der Waals surface area contributed by atoms with Gasteiger partial charge in [0.25, 0.3) is 5.56 Å². The monoisotopic (exact) mass is 412 g/mol. The fourth-order valence-corrected chi connectivity index (χ4v) is 5.44. The third-order valence-corrected chi connectivity index (χ3v) is 6.96. The van der Waals surface area contributed by atoms with E-state index in [2.05, 4.69) is 9.97 Å². The summed E-state index contributed by atoms with van der Waals surface area (Å²) in [5, 5.41) is 1.98. The van der Waals surface area contributed by atoms with Gasteiger partial charge >= 0.3 is 0 Å². The largest absolute Gasteiger partial charge is 0.348 e. The lowest BCUT2D eigenvalue weighted by molar-refractivity contribution is -0.132. The lowest BCUT2D eigenvalue weighted by atomic mass is 9.77. The topological polar surface area (TPSA) is 86.6 Å². The summed E-state index contributed by atoms with van der Waals surface area (Å²) in [6.07, 6.45) is 7.69. The summed E-state index contributed by atoms with van der Waals surface area (Å²) in [4.78, 5) is 42.5. The number of fused-ring (bicyclic) bond motifs is 3. The van der Waals surface area contributed by atoms with Crippen LogP contribution in [0.25, 0.3) is 4.96 Å². The smallest absolute Gasteiger partial charge is 0.255 e. The summed E-state index contributed by atoms with van der Waals surface area (Å²) in [7, 11) is 3.75. The van der Waals surface area contributed by atoms with Crippen LogP contribution in [0.5, 0.6) is 0 Å². The number of carbonyl (C=O) groups is 1. The van der Waals surface area contributed by atoms with Crippen LogP contribution in [0.2, 0.25) is 0 Å². The van der Waals surface area contributed by atoms with E-state index in [1.54, 1.807) is 11.3 Å². The van der Waals surface area contributed by atoms with E-state index in [9.17, 15) is 9.59 Å². The van der Waals surface area contributed by atoms with Gasteiger partial charge in [0.1, 0.15) is 0 Å². The summed E-state index contributed by atoms with van der Waals surface area (Å²) in [5.41, 5.74) is 2.23. The molecule has 0 saturated carbocycles. The van der Waals surface area contributed by atoms with Gasteiger partial charge in [-0.1, -0.05) is 0 Å². The molecule has 1 aliphatic heterocycles. The number of likely N-dealkylation sites (tertiary alicyclic amines) is 1. The number of nitrogens with zero attached hydrogens (tertiary/aromatic N) is 5. The lowest BCUT2D eigenvalue weighted by Gasteiger charge is -2.40. The molecule has 0 aromatic carbocycles. The molecule has 3 aromatic heterocycles. The molecule has 1 N–H and O–H groups in total. The molecule has 8 nitrogen and oxygen atoms in total. The normalized spacial score (nSPS) is 21.1. The quantitative estimate of drug-likeness (QED) is 0.706. The van der Waals surface area contributed by atoms with Crippen molar-refractivity contribution < 1.29 is 4.79 Å². The molecule has 0 bridgehead atoms. The highest BCUT2D eigenvalue weighted by atomic mass is 32.1. The maximum absolute atomic E-state index is 13.0. The molecule has 1 spiro atoms. The maximum atomic E-state index is 13.0. The predicted octanol–water partition coefficient (Wildman–Crippen LogP) is 1.59.